The van der Waals surface area contributed by atoms with E-state index in [1.54, 1.807) is 24.3 Å². The molecule has 0 fully saturated rings. The lowest BCUT2D eigenvalue weighted by Gasteiger charge is -2.18. The van der Waals surface area contributed by atoms with Crippen LogP contribution in [0.4, 0.5) is 10.1 Å². The Morgan fingerprint density at radius 2 is 1.81 bits per heavy atom. The predicted molar refractivity (Wildman–Crippen MR) is 101 cm³/mol. The maximum absolute atomic E-state index is 13.4. The number of nitrogens with zero attached hydrogens (tertiary/aromatic N) is 1. The quantitative estimate of drug-likeness (QED) is 0.739. The Hall–Kier alpha value is -2.60. The molecule has 140 valence electrons. The van der Waals surface area contributed by atoms with Crippen LogP contribution in [0, 0.1) is 5.82 Å². The second-order valence-electron chi connectivity index (χ2n) is 5.70. The van der Waals surface area contributed by atoms with Crippen LogP contribution in [0.2, 0.25) is 0 Å². The van der Waals surface area contributed by atoms with E-state index in [0.717, 1.165) is 31.5 Å². The molecule has 0 heterocycles. The first-order chi connectivity index (χ1) is 12.6. The molecule has 2 aromatic carbocycles. The van der Waals surface area contributed by atoms with Crippen LogP contribution in [0.5, 0.6) is 11.5 Å². The van der Waals surface area contributed by atoms with Crippen LogP contribution >= 0.6 is 0 Å². The molecule has 0 unspecified atom stereocenters. The standard InChI is InChI=1S/C20H25FN2O3/c1-4-23(5-2)12-13-26-17-9-7-16(8-10-17)22-20(24)18-14-15(21)6-11-19(18)25-3/h6-11,14H,4-5,12-13H2,1-3H3,(H,22,24). The van der Waals surface area contributed by atoms with Crippen LogP contribution < -0.4 is 14.8 Å². The van der Waals surface area contributed by atoms with Gasteiger partial charge in [0.1, 0.15) is 23.9 Å². The SMILES string of the molecule is CCN(CC)CCOc1ccc(NC(=O)c2cc(F)ccc2OC)cc1. The summed E-state index contributed by atoms with van der Waals surface area (Å²) in [4.78, 5) is 14.6. The van der Waals surface area contributed by atoms with E-state index in [2.05, 4.69) is 24.1 Å². The van der Waals surface area contributed by atoms with Gasteiger partial charge < -0.3 is 19.7 Å². The molecule has 0 aliphatic carbocycles. The Labute approximate surface area is 153 Å². The van der Waals surface area contributed by atoms with Crippen molar-refractivity contribution < 1.29 is 18.7 Å². The predicted octanol–water partition coefficient (Wildman–Crippen LogP) is 3.81. The topological polar surface area (TPSA) is 50.8 Å². The van der Waals surface area contributed by atoms with Crippen molar-refractivity contribution in [3.8, 4) is 11.5 Å². The van der Waals surface area contributed by atoms with E-state index in [-0.39, 0.29) is 5.56 Å². The molecule has 6 heteroatoms. The average Bonchev–Trinajstić information content (AvgIpc) is 2.66. The molecule has 1 amide bonds. The Balaban J connectivity index is 1.94. The first kappa shape index (κ1) is 19.7. The Morgan fingerprint density at radius 3 is 2.42 bits per heavy atom. The molecule has 2 aromatic rings. The van der Waals surface area contributed by atoms with Crippen LogP contribution in [0.3, 0.4) is 0 Å². The number of amides is 1. The third-order valence-electron chi connectivity index (χ3n) is 4.09. The molecule has 0 bridgehead atoms. The average molecular weight is 360 g/mol. The van der Waals surface area contributed by atoms with Gasteiger partial charge in [-0.3, -0.25) is 4.79 Å². The highest BCUT2D eigenvalue weighted by Crippen LogP contribution is 2.22. The summed E-state index contributed by atoms with van der Waals surface area (Å²) in [5.41, 5.74) is 0.740. The lowest BCUT2D eigenvalue weighted by atomic mass is 10.1. The number of rotatable bonds is 9. The molecule has 5 nitrogen and oxygen atoms in total. The van der Waals surface area contributed by atoms with E-state index in [4.69, 9.17) is 9.47 Å². The summed E-state index contributed by atoms with van der Waals surface area (Å²) in [6.07, 6.45) is 0. The number of halogens is 1. The Morgan fingerprint density at radius 1 is 1.12 bits per heavy atom. The number of methoxy groups -OCH3 is 1. The zero-order chi connectivity index (χ0) is 18.9. The molecule has 26 heavy (non-hydrogen) atoms. The van der Waals surface area contributed by atoms with Crippen molar-refractivity contribution in [2.45, 2.75) is 13.8 Å². The first-order valence-corrected chi connectivity index (χ1v) is 8.67. The molecular formula is C20H25FN2O3. The number of carbonyl (C=O) groups excluding carboxylic acids is 1. The number of benzene rings is 2. The van der Waals surface area contributed by atoms with Gasteiger partial charge in [0.15, 0.2) is 0 Å². The summed E-state index contributed by atoms with van der Waals surface area (Å²) in [6, 6.07) is 10.9. The van der Waals surface area contributed by atoms with E-state index in [1.165, 1.54) is 19.2 Å². The van der Waals surface area contributed by atoms with Gasteiger partial charge in [-0.15, -0.1) is 0 Å². The number of likely N-dealkylation sites (N-methyl/N-ethyl adjacent to an activating group) is 1. The molecule has 0 aliphatic heterocycles. The Bertz CT molecular complexity index is 715. The van der Waals surface area contributed by atoms with Gasteiger partial charge in [-0.1, -0.05) is 13.8 Å². The molecule has 0 radical (unpaired) electrons. The normalized spacial score (nSPS) is 10.7. The monoisotopic (exact) mass is 360 g/mol. The zero-order valence-electron chi connectivity index (χ0n) is 15.4. The summed E-state index contributed by atoms with van der Waals surface area (Å²) in [5, 5.41) is 2.73. The Kier molecular flexibility index (Phi) is 7.41. The van der Waals surface area contributed by atoms with Gasteiger partial charge in [-0.25, -0.2) is 4.39 Å². The van der Waals surface area contributed by atoms with Gasteiger partial charge in [0.05, 0.1) is 12.7 Å². The van der Waals surface area contributed by atoms with Crippen molar-refractivity contribution in [2.75, 3.05) is 38.7 Å². The maximum Gasteiger partial charge on any atom is 0.259 e. The van der Waals surface area contributed by atoms with Crippen molar-refractivity contribution in [3.05, 3.63) is 53.8 Å². The maximum atomic E-state index is 13.4. The highest BCUT2D eigenvalue weighted by molar-refractivity contribution is 6.06. The highest BCUT2D eigenvalue weighted by Gasteiger charge is 2.13. The first-order valence-electron chi connectivity index (χ1n) is 8.67. The molecule has 0 spiro atoms. The van der Waals surface area contributed by atoms with Gasteiger partial charge >= 0.3 is 0 Å². The number of ether oxygens (including phenoxy) is 2. The number of hydrogen-bond donors (Lipinski definition) is 1. The minimum absolute atomic E-state index is 0.145. The van der Waals surface area contributed by atoms with Crippen LogP contribution in [0.15, 0.2) is 42.5 Å². The molecule has 0 saturated heterocycles. The van der Waals surface area contributed by atoms with E-state index in [9.17, 15) is 9.18 Å². The summed E-state index contributed by atoms with van der Waals surface area (Å²) in [5.74, 6) is 0.128. The largest absolute Gasteiger partial charge is 0.496 e. The molecule has 0 aliphatic rings. The highest BCUT2D eigenvalue weighted by atomic mass is 19.1. The van der Waals surface area contributed by atoms with Gasteiger partial charge in [-0.2, -0.15) is 0 Å². The van der Waals surface area contributed by atoms with E-state index < -0.39 is 11.7 Å². The third-order valence-corrected chi connectivity index (χ3v) is 4.09. The van der Waals surface area contributed by atoms with Crippen LogP contribution in [-0.2, 0) is 0 Å². The molecular weight excluding hydrogens is 335 g/mol. The van der Waals surface area contributed by atoms with Gasteiger partial charge in [0, 0.05) is 12.2 Å². The summed E-state index contributed by atoms with van der Waals surface area (Å²) >= 11 is 0. The number of anilines is 1. The summed E-state index contributed by atoms with van der Waals surface area (Å²) in [6.45, 7) is 7.70. The fraction of sp³-hybridized carbons (Fsp3) is 0.350. The lowest BCUT2D eigenvalue weighted by molar-refractivity contribution is 0.102. The van der Waals surface area contributed by atoms with E-state index >= 15 is 0 Å². The fourth-order valence-corrected chi connectivity index (χ4v) is 2.52. The van der Waals surface area contributed by atoms with Crippen molar-refractivity contribution in [2.24, 2.45) is 0 Å². The minimum Gasteiger partial charge on any atom is -0.496 e. The molecule has 0 aromatic heterocycles. The molecule has 0 atom stereocenters. The van der Waals surface area contributed by atoms with Crippen LogP contribution in [0.1, 0.15) is 24.2 Å². The van der Waals surface area contributed by atoms with E-state index in [1.807, 2.05) is 0 Å². The second-order valence-corrected chi connectivity index (χ2v) is 5.70. The van der Waals surface area contributed by atoms with Crippen molar-refractivity contribution >= 4 is 11.6 Å². The lowest BCUT2D eigenvalue weighted by Crippen LogP contribution is -2.27. The van der Waals surface area contributed by atoms with Gasteiger partial charge in [-0.05, 0) is 55.6 Å². The number of nitrogens with one attached hydrogen (secondary N) is 1. The van der Waals surface area contributed by atoms with Gasteiger partial charge in [0.25, 0.3) is 5.91 Å². The molecule has 0 saturated carbocycles. The third kappa shape index (κ3) is 5.46. The second kappa shape index (κ2) is 9.77. The zero-order valence-corrected chi connectivity index (χ0v) is 15.4. The summed E-state index contributed by atoms with van der Waals surface area (Å²) < 4.78 is 24.2. The number of hydrogen-bond acceptors (Lipinski definition) is 4. The molecule has 2 rings (SSSR count). The summed E-state index contributed by atoms with van der Waals surface area (Å²) in [7, 11) is 1.44. The van der Waals surface area contributed by atoms with Crippen LogP contribution in [-0.4, -0.2) is 44.2 Å². The molecule has 1 N–H and O–H groups in total. The van der Waals surface area contributed by atoms with Gasteiger partial charge in [0.2, 0.25) is 0 Å². The van der Waals surface area contributed by atoms with Crippen molar-refractivity contribution in [1.29, 1.82) is 0 Å². The smallest absolute Gasteiger partial charge is 0.259 e. The van der Waals surface area contributed by atoms with E-state index in [0.29, 0.717) is 18.0 Å². The minimum atomic E-state index is -0.493. The number of carbonyl (C=O) groups is 1. The van der Waals surface area contributed by atoms with Crippen molar-refractivity contribution in [1.82, 2.24) is 4.90 Å². The fourth-order valence-electron chi connectivity index (χ4n) is 2.52. The van der Waals surface area contributed by atoms with Crippen LogP contribution in [0.25, 0.3) is 0 Å². The van der Waals surface area contributed by atoms with Crippen molar-refractivity contribution in [3.63, 3.8) is 0 Å².